The van der Waals surface area contributed by atoms with Gasteiger partial charge >= 0.3 is 0 Å². The first-order valence-electron chi connectivity index (χ1n) is 5.74. The van der Waals surface area contributed by atoms with Crippen molar-refractivity contribution < 1.29 is 14.2 Å². The Kier molecular flexibility index (Phi) is 3.91. The van der Waals surface area contributed by atoms with Crippen molar-refractivity contribution >= 4 is 5.69 Å². The van der Waals surface area contributed by atoms with Crippen molar-refractivity contribution in [3.63, 3.8) is 0 Å². The molecule has 0 amide bonds. The molecule has 0 unspecified atom stereocenters. The predicted molar refractivity (Wildman–Crippen MR) is 73.0 cm³/mol. The molecule has 0 aliphatic rings. The van der Waals surface area contributed by atoms with Crippen molar-refractivity contribution in [1.29, 1.82) is 5.26 Å². The molecule has 0 radical (unpaired) electrons. The Labute approximate surface area is 116 Å². The highest BCUT2D eigenvalue weighted by molar-refractivity contribution is 5.57. The average Bonchev–Trinajstić information content (AvgIpc) is 2.49. The molecule has 1 heterocycles. The Hall–Kier alpha value is -2.94. The number of nitriles is 1. The molecule has 0 saturated carbocycles. The number of nitrogens with zero attached hydrogens (tertiary/aromatic N) is 2. The monoisotopic (exact) mass is 271 g/mol. The molecule has 0 fully saturated rings. The molecule has 0 aliphatic carbocycles. The summed E-state index contributed by atoms with van der Waals surface area (Å²) in [6.07, 6.45) is 1.38. The quantitative estimate of drug-likeness (QED) is 0.917. The van der Waals surface area contributed by atoms with E-state index in [0.29, 0.717) is 22.8 Å². The number of hydrogen-bond donors (Lipinski definition) is 1. The molecule has 6 heteroatoms. The SMILES string of the molecule is COc1cccc(OC)c1Oc1ncc(C#N)cc1N. The molecule has 102 valence electrons. The van der Waals surface area contributed by atoms with E-state index in [-0.39, 0.29) is 11.6 Å². The van der Waals surface area contributed by atoms with Gasteiger partial charge in [-0.25, -0.2) is 4.98 Å². The van der Waals surface area contributed by atoms with E-state index in [2.05, 4.69) is 4.98 Å². The van der Waals surface area contributed by atoms with E-state index >= 15 is 0 Å². The van der Waals surface area contributed by atoms with Crippen LogP contribution in [-0.2, 0) is 0 Å². The predicted octanol–water partition coefficient (Wildman–Crippen LogP) is 2.34. The van der Waals surface area contributed by atoms with Gasteiger partial charge < -0.3 is 19.9 Å². The van der Waals surface area contributed by atoms with Crippen molar-refractivity contribution in [3.8, 4) is 29.2 Å². The summed E-state index contributed by atoms with van der Waals surface area (Å²) in [7, 11) is 3.05. The summed E-state index contributed by atoms with van der Waals surface area (Å²) in [6.45, 7) is 0. The zero-order chi connectivity index (χ0) is 14.5. The minimum absolute atomic E-state index is 0.187. The van der Waals surface area contributed by atoms with Crippen LogP contribution in [0.2, 0.25) is 0 Å². The molecule has 2 N–H and O–H groups in total. The van der Waals surface area contributed by atoms with Gasteiger partial charge in [-0.3, -0.25) is 0 Å². The van der Waals surface area contributed by atoms with E-state index in [1.54, 1.807) is 18.2 Å². The highest BCUT2D eigenvalue weighted by atomic mass is 16.5. The topological polar surface area (TPSA) is 90.4 Å². The number of benzene rings is 1. The Morgan fingerprint density at radius 3 is 2.35 bits per heavy atom. The summed E-state index contributed by atoms with van der Waals surface area (Å²) >= 11 is 0. The second-order valence-electron chi connectivity index (χ2n) is 3.82. The number of aromatic nitrogens is 1. The zero-order valence-electron chi connectivity index (χ0n) is 11.1. The van der Waals surface area contributed by atoms with Crippen LogP contribution in [0, 0.1) is 11.3 Å². The molecule has 0 saturated heterocycles. The molecule has 6 nitrogen and oxygen atoms in total. The summed E-state index contributed by atoms with van der Waals surface area (Å²) in [4.78, 5) is 4.01. The Balaban J connectivity index is 2.42. The highest BCUT2D eigenvalue weighted by Gasteiger charge is 2.14. The van der Waals surface area contributed by atoms with Crippen LogP contribution in [0.1, 0.15) is 5.56 Å². The van der Waals surface area contributed by atoms with Gasteiger partial charge in [0, 0.05) is 6.20 Å². The lowest BCUT2D eigenvalue weighted by atomic mass is 10.2. The third-order valence-electron chi connectivity index (χ3n) is 2.59. The maximum Gasteiger partial charge on any atom is 0.243 e. The van der Waals surface area contributed by atoms with E-state index < -0.39 is 0 Å². The summed E-state index contributed by atoms with van der Waals surface area (Å²) in [6, 6.07) is 8.69. The van der Waals surface area contributed by atoms with Crippen LogP contribution in [0.5, 0.6) is 23.1 Å². The number of rotatable bonds is 4. The molecule has 20 heavy (non-hydrogen) atoms. The summed E-state index contributed by atoms with van der Waals surface area (Å²) in [5, 5.41) is 8.78. The maximum atomic E-state index is 8.78. The Morgan fingerprint density at radius 1 is 1.20 bits per heavy atom. The van der Waals surface area contributed by atoms with Gasteiger partial charge in [-0.1, -0.05) is 6.07 Å². The number of para-hydroxylation sites is 1. The van der Waals surface area contributed by atoms with Crippen LogP contribution in [0.25, 0.3) is 0 Å². The Bertz CT molecular complexity index is 643. The van der Waals surface area contributed by atoms with Gasteiger partial charge in [0.15, 0.2) is 11.5 Å². The fraction of sp³-hybridized carbons (Fsp3) is 0.143. The molecule has 0 bridgehead atoms. The first-order valence-corrected chi connectivity index (χ1v) is 5.74. The third kappa shape index (κ3) is 2.57. The lowest BCUT2D eigenvalue weighted by molar-refractivity contribution is 0.342. The fourth-order valence-corrected chi connectivity index (χ4v) is 1.63. The van der Waals surface area contributed by atoms with Crippen molar-refractivity contribution in [2.45, 2.75) is 0 Å². The van der Waals surface area contributed by atoms with Crippen molar-refractivity contribution in [1.82, 2.24) is 4.98 Å². The van der Waals surface area contributed by atoms with Gasteiger partial charge in [0.25, 0.3) is 0 Å². The second-order valence-corrected chi connectivity index (χ2v) is 3.82. The highest BCUT2D eigenvalue weighted by Crippen LogP contribution is 2.40. The second kappa shape index (κ2) is 5.80. The number of nitrogen functional groups attached to an aromatic ring is 1. The molecule has 0 spiro atoms. The normalized spacial score (nSPS) is 9.65. The zero-order valence-corrected chi connectivity index (χ0v) is 11.1. The van der Waals surface area contributed by atoms with Gasteiger partial charge in [-0.15, -0.1) is 0 Å². The van der Waals surface area contributed by atoms with E-state index in [1.807, 2.05) is 6.07 Å². The van der Waals surface area contributed by atoms with Crippen LogP contribution in [0.4, 0.5) is 5.69 Å². The van der Waals surface area contributed by atoms with E-state index in [9.17, 15) is 0 Å². The van der Waals surface area contributed by atoms with Crippen LogP contribution in [0.3, 0.4) is 0 Å². The minimum atomic E-state index is 0.187. The molecule has 2 aromatic rings. The standard InChI is InChI=1S/C14H13N3O3/c1-18-11-4-3-5-12(19-2)13(11)20-14-10(16)6-9(7-15)8-17-14/h3-6,8H,16H2,1-2H3. The third-order valence-corrected chi connectivity index (χ3v) is 2.59. The van der Waals surface area contributed by atoms with Crippen molar-refractivity contribution in [3.05, 3.63) is 36.0 Å². The summed E-state index contributed by atoms with van der Waals surface area (Å²) in [5.41, 5.74) is 6.43. The van der Waals surface area contributed by atoms with E-state index in [4.69, 9.17) is 25.2 Å². The number of anilines is 1. The lowest BCUT2D eigenvalue weighted by Crippen LogP contribution is -1.99. The summed E-state index contributed by atoms with van der Waals surface area (Å²) < 4.78 is 16.1. The molecule has 0 aliphatic heterocycles. The maximum absolute atomic E-state index is 8.78. The number of hydrogen-bond acceptors (Lipinski definition) is 6. The van der Waals surface area contributed by atoms with Crippen LogP contribution >= 0.6 is 0 Å². The first-order chi connectivity index (χ1) is 9.69. The van der Waals surface area contributed by atoms with E-state index in [1.165, 1.54) is 26.5 Å². The van der Waals surface area contributed by atoms with Gasteiger partial charge in [0.1, 0.15) is 6.07 Å². The first kappa shape index (κ1) is 13.5. The number of ether oxygens (including phenoxy) is 3. The largest absolute Gasteiger partial charge is 0.493 e. The molecule has 1 aromatic carbocycles. The van der Waals surface area contributed by atoms with E-state index in [0.717, 1.165) is 0 Å². The number of nitrogens with two attached hydrogens (primary N) is 1. The van der Waals surface area contributed by atoms with Gasteiger partial charge in [-0.05, 0) is 18.2 Å². The van der Waals surface area contributed by atoms with Gasteiger partial charge in [-0.2, -0.15) is 5.26 Å². The smallest absolute Gasteiger partial charge is 0.243 e. The lowest BCUT2D eigenvalue weighted by Gasteiger charge is -2.14. The fourth-order valence-electron chi connectivity index (χ4n) is 1.63. The van der Waals surface area contributed by atoms with Crippen LogP contribution in [0.15, 0.2) is 30.5 Å². The van der Waals surface area contributed by atoms with Crippen LogP contribution in [-0.4, -0.2) is 19.2 Å². The average molecular weight is 271 g/mol. The summed E-state index contributed by atoms with van der Waals surface area (Å²) in [5.74, 6) is 1.55. The molecular formula is C14H13N3O3. The minimum Gasteiger partial charge on any atom is -0.493 e. The molecule has 1 aromatic heterocycles. The molecule has 0 atom stereocenters. The molecule has 2 rings (SSSR count). The van der Waals surface area contributed by atoms with Gasteiger partial charge in [0.05, 0.1) is 25.5 Å². The van der Waals surface area contributed by atoms with Crippen molar-refractivity contribution in [2.75, 3.05) is 20.0 Å². The van der Waals surface area contributed by atoms with Crippen molar-refractivity contribution in [2.24, 2.45) is 0 Å². The Morgan fingerprint density at radius 2 is 1.85 bits per heavy atom. The molecular weight excluding hydrogens is 258 g/mol. The number of methoxy groups -OCH3 is 2. The van der Waals surface area contributed by atoms with Gasteiger partial charge in [0.2, 0.25) is 11.6 Å². The number of pyridine rings is 1. The van der Waals surface area contributed by atoms with Crippen LogP contribution < -0.4 is 19.9 Å².